The molecule has 2 aromatic rings. The second-order valence-corrected chi connectivity index (χ2v) is 7.65. The summed E-state index contributed by atoms with van der Waals surface area (Å²) in [6.45, 7) is 10.4. The van der Waals surface area contributed by atoms with Crippen LogP contribution in [0.4, 0.5) is 5.69 Å². The van der Waals surface area contributed by atoms with E-state index in [4.69, 9.17) is 4.74 Å². The highest BCUT2D eigenvalue weighted by molar-refractivity contribution is 9.10. The summed E-state index contributed by atoms with van der Waals surface area (Å²) in [4.78, 5) is 2.46. The first kappa shape index (κ1) is 17.5. The highest BCUT2D eigenvalue weighted by Crippen LogP contribution is 2.32. The molecular formula is C21H26BrNO. The number of rotatable bonds is 4. The number of hydrogen-bond acceptors (Lipinski definition) is 2. The van der Waals surface area contributed by atoms with Gasteiger partial charge >= 0.3 is 0 Å². The second-order valence-electron chi connectivity index (χ2n) is 6.79. The van der Waals surface area contributed by atoms with Crippen molar-refractivity contribution in [3.63, 3.8) is 0 Å². The van der Waals surface area contributed by atoms with Gasteiger partial charge in [0.2, 0.25) is 0 Å². The van der Waals surface area contributed by atoms with Gasteiger partial charge in [-0.3, -0.25) is 0 Å². The zero-order valence-corrected chi connectivity index (χ0v) is 16.4. The minimum atomic E-state index is 0.490. The van der Waals surface area contributed by atoms with Crippen LogP contribution in [0.5, 0.6) is 0 Å². The Labute approximate surface area is 154 Å². The summed E-state index contributed by atoms with van der Waals surface area (Å²) >= 11 is 3.70. The average Bonchev–Trinajstić information content (AvgIpc) is 2.59. The zero-order valence-electron chi connectivity index (χ0n) is 14.8. The van der Waals surface area contributed by atoms with Crippen LogP contribution >= 0.6 is 15.9 Å². The van der Waals surface area contributed by atoms with Crippen molar-refractivity contribution >= 4 is 21.6 Å². The molecule has 0 saturated carbocycles. The smallest absolute Gasteiger partial charge is 0.0642 e. The monoisotopic (exact) mass is 387 g/mol. The molecule has 0 bridgehead atoms. The Morgan fingerprint density at radius 3 is 2.62 bits per heavy atom. The maximum atomic E-state index is 5.50. The van der Waals surface area contributed by atoms with E-state index < -0.39 is 0 Å². The van der Waals surface area contributed by atoms with Crippen LogP contribution in [0.2, 0.25) is 0 Å². The molecule has 1 heterocycles. The average molecular weight is 388 g/mol. The molecule has 128 valence electrons. The lowest BCUT2D eigenvalue weighted by atomic mass is 9.89. The molecule has 1 aliphatic heterocycles. The van der Waals surface area contributed by atoms with Gasteiger partial charge in [-0.25, -0.2) is 0 Å². The molecule has 1 fully saturated rings. The molecule has 1 atom stereocenters. The number of anilines is 1. The predicted molar refractivity (Wildman–Crippen MR) is 105 cm³/mol. The summed E-state index contributed by atoms with van der Waals surface area (Å²) in [7, 11) is 0. The minimum absolute atomic E-state index is 0.490. The SMILES string of the molecule is Cc1ccc(Br)c(CC(C)c2cccc(N3CCOCC3)c2C)c1. The first-order valence-corrected chi connectivity index (χ1v) is 9.53. The van der Waals surface area contributed by atoms with E-state index >= 15 is 0 Å². The van der Waals surface area contributed by atoms with E-state index in [1.807, 2.05) is 0 Å². The maximum Gasteiger partial charge on any atom is 0.0642 e. The fourth-order valence-corrected chi connectivity index (χ4v) is 4.03. The van der Waals surface area contributed by atoms with Gasteiger partial charge in [0.25, 0.3) is 0 Å². The Hall–Kier alpha value is -1.32. The molecule has 0 aromatic heterocycles. The van der Waals surface area contributed by atoms with Crippen molar-refractivity contribution < 1.29 is 4.74 Å². The van der Waals surface area contributed by atoms with E-state index in [2.05, 4.69) is 78.0 Å². The van der Waals surface area contributed by atoms with Gasteiger partial charge in [-0.05, 0) is 55.0 Å². The lowest BCUT2D eigenvalue weighted by molar-refractivity contribution is 0.122. The van der Waals surface area contributed by atoms with Crippen molar-refractivity contribution in [3.8, 4) is 0 Å². The molecule has 1 aliphatic rings. The van der Waals surface area contributed by atoms with Crippen molar-refractivity contribution in [2.24, 2.45) is 0 Å². The Morgan fingerprint density at radius 2 is 1.88 bits per heavy atom. The molecule has 1 unspecified atom stereocenters. The zero-order chi connectivity index (χ0) is 17.1. The van der Waals surface area contributed by atoms with Gasteiger partial charge in [0.15, 0.2) is 0 Å². The number of ether oxygens (including phenoxy) is 1. The van der Waals surface area contributed by atoms with E-state index in [-0.39, 0.29) is 0 Å². The van der Waals surface area contributed by atoms with Crippen LogP contribution in [0.15, 0.2) is 40.9 Å². The summed E-state index contributed by atoms with van der Waals surface area (Å²) in [5.41, 5.74) is 6.94. The molecule has 0 amide bonds. The van der Waals surface area contributed by atoms with Crippen LogP contribution < -0.4 is 4.90 Å². The molecule has 3 heteroatoms. The molecule has 0 spiro atoms. The number of halogens is 1. The van der Waals surface area contributed by atoms with Crippen LogP contribution in [0.25, 0.3) is 0 Å². The lowest BCUT2D eigenvalue weighted by Gasteiger charge is -2.31. The lowest BCUT2D eigenvalue weighted by Crippen LogP contribution is -2.36. The van der Waals surface area contributed by atoms with Gasteiger partial charge in [-0.1, -0.05) is 52.7 Å². The van der Waals surface area contributed by atoms with Crippen LogP contribution in [0.1, 0.15) is 35.1 Å². The molecule has 0 aliphatic carbocycles. The molecule has 2 nitrogen and oxygen atoms in total. The van der Waals surface area contributed by atoms with Gasteiger partial charge in [-0.15, -0.1) is 0 Å². The molecule has 0 N–H and O–H groups in total. The third-order valence-corrected chi connectivity index (χ3v) is 5.73. The van der Waals surface area contributed by atoms with Gasteiger partial charge in [0.05, 0.1) is 13.2 Å². The van der Waals surface area contributed by atoms with E-state index in [0.29, 0.717) is 5.92 Å². The second kappa shape index (κ2) is 7.71. The molecule has 24 heavy (non-hydrogen) atoms. The van der Waals surface area contributed by atoms with Gasteiger partial charge in [0.1, 0.15) is 0 Å². The van der Waals surface area contributed by atoms with Crippen LogP contribution in [-0.2, 0) is 11.2 Å². The fourth-order valence-electron chi connectivity index (χ4n) is 3.62. The summed E-state index contributed by atoms with van der Waals surface area (Å²) in [6, 6.07) is 13.3. The van der Waals surface area contributed by atoms with Crippen LogP contribution in [-0.4, -0.2) is 26.3 Å². The summed E-state index contributed by atoms with van der Waals surface area (Å²) < 4.78 is 6.71. The maximum absolute atomic E-state index is 5.50. The first-order valence-electron chi connectivity index (χ1n) is 8.73. The van der Waals surface area contributed by atoms with Gasteiger partial charge < -0.3 is 9.64 Å². The third kappa shape index (κ3) is 3.84. The Kier molecular flexibility index (Phi) is 5.62. The van der Waals surface area contributed by atoms with Crippen molar-refractivity contribution in [1.82, 2.24) is 0 Å². The van der Waals surface area contributed by atoms with Gasteiger partial charge in [0, 0.05) is 23.2 Å². The topological polar surface area (TPSA) is 12.5 Å². The number of nitrogens with zero attached hydrogens (tertiary/aromatic N) is 1. The van der Waals surface area contributed by atoms with Crippen molar-refractivity contribution in [1.29, 1.82) is 0 Å². The van der Waals surface area contributed by atoms with E-state index in [9.17, 15) is 0 Å². The van der Waals surface area contributed by atoms with E-state index in [1.165, 1.54) is 32.4 Å². The highest BCUT2D eigenvalue weighted by Gasteiger charge is 2.18. The number of morpholine rings is 1. The predicted octanol–water partition coefficient (Wildman–Crippen LogP) is 5.25. The van der Waals surface area contributed by atoms with E-state index in [1.54, 1.807) is 0 Å². The Balaban J connectivity index is 1.84. The van der Waals surface area contributed by atoms with Crippen molar-refractivity contribution in [2.45, 2.75) is 33.1 Å². The third-order valence-electron chi connectivity index (χ3n) is 4.96. The fraction of sp³-hybridized carbons (Fsp3) is 0.429. The van der Waals surface area contributed by atoms with Crippen LogP contribution in [0.3, 0.4) is 0 Å². The van der Waals surface area contributed by atoms with Crippen molar-refractivity contribution in [3.05, 3.63) is 63.1 Å². The van der Waals surface area contributed by atoms with E-state index in [0.717, 1.165) is 32.7 Å². The molecule has 1 saturated heterocycles. The Bertz CT molecular complexity index is 707. The molecule has 2 aromatic carbocycles. The molecular weight excluding hydrogens is 362 g/mol. The van der Waals surface area contributed by atoms with Crippen molar-refractivity contribution in [2.75, 3.05) is 31.2 Å². The summed E-state index contributed by atoms with van der Waals surface area (Å²) in [6.07, 6.45) is 1.05. The quantitative estimate of drug-likeness (QED) is 0.710. The summed E-state index contributed by atoms with van der Waals surface area (Å²) in [5, 5.41) is 0. The largest absolute Gasteiger partial charge is 0.378 e. The molecule has 3 rings (SSSR count). The number of hydrogen-bond donors (Lipinski definition) is 0. The summed E-state index contributed by atoms with van der Waals surface area (Å²) in [5.74, 6) is 0.490. The molecule has 0 radical (unpaired) electrons. The first-order chi connectivity index (χ1) is 11.6. The van der Waals surface area contributed by atoms with Crippen LogP contribution in [0, 0.1) is 13.8 Å². The van der Waals surface area contributed by atoms with Gasteiger partial charge in [-0.2, -0.15) is 0 Å². The minimum Gasteiger partial charge on any atom is -0.378 e. The number of aryl methyl sites for hydroxylation is 1. The normalized spacial score (nSPS) is 16.2. The standard InChI is InChI=1S/C21H26BrNO/c1-15-7-8-20(22)18(13-15)14-16(2)19-5-4-6-21(17(19)3)23-9-11-24-12-10-23/h4-8,13,16H,9-12,14H2,1-3H3. The number of benzene rings is 2. The Morgan fingerprint density at radius 1 is 1.12 bits per heavy atom. The highest BCUT2D eigenvalue weighted by atomic mass is 79.9.